The van der Waals surface area contributed by atoms with Crippen LogP contribution in [0, 0.1) is 0 Å². The number of nitrogens with zero attached hydrogens (tertiary/aromatic N) is 1. The van der Waals surface area contributed by atoms with Gasteiger partial charge in [-0.15, -0.1) is 0 Å². The molecule has 0 aromatic rings. The minimum atomic E-state index is 0.0924. The number of rotatable bonds is 5. The summed E-state index contributed by atoms with van der Waals surface area (Å²) in [5.41, 5.74) is 5.74. The quantitative estimate of drug-likeness (QED) is 0.725. The first kappa shape index (κ1) is 12.0. The fourth-order valence-corrected chi connectivity index (χ4v) is 2.31. The van der Waals surface area contributed by atoms with Crippen LogP contribution >= 0.6 is 0 Å². The zero-order valence-corrected chi connectivity index (χ0v) is 9.59. The summed E-state index contributed by atoms with van der Waals surface area (Å²) in [5.74, 6) is 0. The number of hydrogen-bond acceptors (Lipinski definition) is 3. The van der Waals surface area contributed by atoms with Gasteiger partial charge in [0.15, 0.2) is 0 Å². The van der Waals surface area contributed by atoms with E-state index in [9.17, 15) is 0 Å². The van der Waals surface area contributed by atoms with Gasteiger partial charge in [-0.2, -0.15) is 0 Å². The third-order valence-corrected chi connectivity index (χ3v) is 3.26. The van der Waals surface area contributed by atoms with Gasteiger partial charge in [-0.05, 0) is 39.3 Å². The smallest absolute Gasteiger partial charge is 0.0718 e. The summed E-state index contributed by atoms with van der Waals surface area (Å²) >= 11 is 0. The largest absolute Gasteiger partial charge is 0.375 e. The summed E-state index contributed by atoms with van der Waals surface area (Å²) in [6.07, 6.45) is 3.30. The number of hydrogen-bond donors (Lipinski definition) is 1. The van der Waals surface area contributed by atoms with E-state index >= 15 is 0 Å². The van der Waals surface area contributed by atoms with E-state index in [-0.39, 0.29) is 5.60 Å². The molecule has 1 saturated heterocycles. The van der Waals surface area contributed by atoms with Crippen LogP contribution in [0.3, 0.4) is 0 Å². The molecule has 0 aliphatic carbocycles. The average Bonchev–Trinajstić information content (AvgIpc) is 2.20. The van der Waals surface area contributed by atoms with Gasteiger partial charge in [0.25, 0.3) is 0 Å². The zero-order chi connectivity index (χ0) is 10.4. The van der Waals surface area contributed by atoms with Gasteiger partial charge in [0, 0.05) is 19.7 Å². The maximum atomic E-state index is 5.90. The second-order valence-electron chi connectivity index (χ2n) is 4.09. The number of piperidine rings is 1. The number of nitrogens with two attached hydrogens (primary N) is 1. The molecule has 0 spiro atoms. The molecule has 0 unspecified atom stereocenters. The van der Waals surface area contributed by atoms with Gasteiger partial charge in [-0.1, -0.05) is 6.92 Å². The molecule has 0 bridgehead atoms. The van der Waals surface area contributed by atoms with Gasteiger partial charge in [-0.25, -0.2) is 0 Å². The highest BCUT2D eigenvalue weighted by molar-refractivity contribution is 4.87. The van der Waals surface area contributed by atoms with Crippen LogP contribution in [0.2, 0.25) is 0 Å². The highest BCUT2D eigenvalue weighted by atomic mass is 16.5. The van der Waals surface area contributed by atoms with E-state index in [0.717, 1.165) is 52.0 Å². The van der Waals surface area contributed by atoms with Gasteiger partial charge in [-0.3, -0.25) is 0 Å². The molecular weight excluding hydrogens is 176 g/mol. The summed E-state index contributed by atoms with van der Waals surface area (Å²) in [6.45, 7) is 9.33. The molecule has 0 atom stereocenters. The first-order valence-electron chi connectivity index (χ1n) is 5.82. The molecule has 1 rings (SSSR count). The fraction of sp³-hybridized carbons (Fsp3) is 1.00. The van der Waals surface area contributed by atoms with E-state index in [2.05, 4.69) is 18.7 Å². The molecule has 3 nitrogen and oxygen atoms in total. The number of ether oxygens (including phenoxy) is 1. The maximum Gasteiger partial charge on any atom is 0.0718 e. The van der Waals surface area contributed by atoms with Crippen LogP contribution in [0.1, 0.15) is 33.1 Å². The first-order chi connectivity index (χ1) is 6.76. The Balaban J connectivity index is 2.45. The molecule has 1 fully saturated rings. The van der Waals surface area contributed by atoms with Crippen molar-refractivity contribution in [2.75, 3.05) is 32.8 Å². The van der Waals surface area contributed by atoms with Crippen molar-refractivity contribution in [3.05, 3.63) is 0 Å². The van der Waals surface area contributed by atoms with Crippen molar-refractivity contribution in [3.63, 3.8) is 0 Å². The van der Waals surface area contributed by atoms with Crippen molar-refractivity contribution in [1.82, 2.24) is 4.90 Å². The van der Waals surface area contributed by atoms with Crippen LogP contribution in [0.15, 0.2) is 0 Å². The first-order valence-corrected chi connectivity index (χ1v) is 5.82. The Labute approximate surface area is 87.6 Å². The fourth-order valence-electron chi connectivity index (χ4n) is 2.31. The van der Waals surface area contributed by atoms with Gasteiger partial charge < -0.3 is 15.4 Å². The highest BCUT2D eigenvalue weighted by Crippen LogP contribution is 2.29. The van der Waals surface area contributed by atoms with Crippen LogP contribution in [0.4, 0.5) is 0 Å². The van der Waals surface area contributed by atoms with E-state index in [4.69, 9.17) is 10.5 Å². The summed E-state index contributed by atoms with van der Waals surface area (Å²) in [6, 6.07) is 0. The molecule has 0 radical (unpaired) electrons. The zero-order valence-electron chi connectivity index (χ0n) is 9.59. The maximum absolute atomic E-state index is 5.90. The molecule has 0 aromatic carbocycles. The molecule has 3 heteroatoms. The molecule has 2 N–H and O–H groups in total. The molecule has 0 saturated carbocycles. The van der Waals surface area contributed by atoms with Crippen molar-refractivity contribution < 1.29 is 4.74 Å². The Morgan fingerprint density at radius 1 is 1.29 bits per heavy atom. The third-order valence-electron chi connectivity index (χ3n) is 3.26. The summed E-state index contributed by atoms with van der Waals surface area (Å²) in [4.78, 5) is 2.48. The van der Waals surface area contributed by atoms with Crippen LogP contribution in [0.5, 0.6) is 0 Å². The van der Waals surface area contributed by atoms with Crippen molar-refractivity contribution in [2.45, 2.75) is 38.7 Å². The second kappa shape index (κ2) is 5.69. The van der Waals surface area contributed by atoms with Crippen LogP contribution in [0.25, 0.3) is 0 Å². The lowest BCUT2D eigenvalue weighted by Gasteiger charge is -2.41. The van der Waals surface area contributed by atoms with Gasteiger partial charge in [0.2, 0.25) is 0 Å². The van der Waals surface area contributed by atoms with E-state index in [0.29, 0.717) is 0 Å². The monoisotopic (exact) mass is 200 g/mol. The lowest BCUT2D eigenvalue weighted by Crippen LogP contribution is -2.47. The molecule has 1 aliphatic rings. The van der Waals surface area contributed by atoms with E-state index in [1.54, 1.807) is 0 Å². The standard InChI is InChI=1S/C11H24N2O/c1-3-13-9-6-11(5-8-12,7-10-13)14-4-2/h3-10,12H2,1-2H3. The van der Waals surface area contributed by atoms with Crippen LogP contribution in [-0.2, 0) is 4.74 Å². The molecular formula is C11H24N2O. The third kappa shape index (κ3) is 2.94. The Bertz CT molecular complexity index is 145. The Hall–Kier alpha value is -0.120. The summed E-state index contributed by atoms with van der Waals surface area (Å²) in [5, 5.41) is 0. The normalized spacial score (nSPS) is 22.5. The van der Waals surface area contributed by atoms with Crippen LogP contribution < -0.4 is 5.73 Å². The highest BCUT2D eigenvalue weighted by Gasteiger charge is 2.33. The second-order valence-corrected chi connectivity index (χ2v) is 4.09. The Kier molecular flexibility index (Phi) is 4.85. The van der Waals surface area contributed by atoms with Crippen molar-refractivity contribution in [2.24, 2.45) is 5.73 Å². The van der Waals surface area contributed by atoms with E-state index in [1.165, 1.54) is 0 Å². The Morgan fingerprint density at radius 3 is 2.36 bits per heavy atom. The molecule has 0 aromatic heterocycles. The molecule has 1 heterocycles. The SMILES string of the molecule is CCOC1(CCN)CCN(CC)CC1. The van der Waals surface area contributed by atoms with E-state index < -0.39 is 0 Å². The molecule has 1 aliphatic heterocycles. The minimum absolute atomic E-state index is 0.0924. The summed E-state index contributed by atoms with van der Waals surface area (Å²) in [7, 11) is 0. The topological polar surface area (TPSA) is 38.5 Å². The molecule has 0 amide bonds. The van der Waals surface area contributed by atoms with E-state index in [1.807, 2.05) is 0 Å². The predicted octanol–water partition coefficient (Wildman–Crippen LogP) is 1.23. The molecule has 84 valence electrons. The van der Waals surface area contributed by atoms with Gasteiger partial charge in [0.05, 0.1) is 5.60 Å². The Morgan fingerprint density at radius 2 is 1.93 bits per heavy atom. The number of likely N-dealkylation sites (tertiary alicyclic amines) is 1. The lowest BCUT2D eigenvalue weighted by molar-refractivity contribution is -0.0820. The average molecular weight is 200 g/mol. The van der Waals surface area contributed by atoms with Crippen molar-refractivity contribution in [3.8, 4) is 0 Å². The summed E-state index contributed by atoms with van der Waals surface area (Å²) < 4.78 is 5.90. The lowest BCUT2D eigenvalue weighted by atomic mass is 9.88. The van der Waals surface area contributed by atoms with Crippen molar-refractivity contribution in [1.29, 1.82) is 0 Å². The van der Waals surface area contributed by atoms with Crippen molar-refractivity contribution >= 4 is 0 Å². The van der Waals surface area contributed by atoms with Gasteiger partial charge in [0.1, 0.15) is 0 Å². The predicted molar refractivity (Wildman–Crippen MR) is 59.4 cm³/mol. The minimum Gasteiger partial charge on any atom is -0.375 e. The van der Waals surface area contributed by atoms with Crippen LogP contribution in [-0.4, -0.2) is 43.3 Å². The van der Waals surface area contributed by atoms with Gasteiger partial charge >= 0.3 is 0 Å². The molecule has 14 heavy (non-hydrogen) atoms.